The number of carbonyl (C=O) groups excluding carboxylic acids is 1. The summed E-state index contributed by atoms with van der Waals surface area (Å²) in [5.74, 6) is -0.0735. The van der Waals surface area contributed by atoms with E-state index in [1.54, 1.807) is 14.9 Å². The third-order valence-corrected chi connectivity index (χ3v) is 6.71. The second-order valence-electron chi connectivity index (χ2n) is 9.41. The Labute approximate surface area is 223 Å². The van der Waals surface area contributed by atoms with Crippen molar-refractivity contribution >= 4 is 17.5 Å². The molecule has 0 saturated carbocycles. The molecule has 2 aliphatic rings. The fraction of sp³-hybridized carbons (Fsp3) is 0.609. The van der Waals surface area contributed by atoms with Crippen LogP contribution in [0.15, 0.2) is 23.4 Å². The Morgan fingerprint density at radius 1 is 1.00 bits per heavy atom. The highest BCUT2D eigenvalue weighted by Gasteiger charge is 2.40. The van der Waals surface area contributed by atoms with Gasteiger partial charge in [-0.1, -0.05) is 0 Å². The van der Waals surface area contributed by atoms with Gasteiger partial charge in [0.2, 0.25) is 5.95 Å². The molecule has 2 saturated heterocycles. The van der Waals surface area contributed by atoms with E-state index in [0.717, 1.165) is 18.6 Å². The van der Waals surface area contributed by atoms with Crippen molar-refractivity contribution in [2.45, 2.75) is 49.8 Å². The number of piperidine rings is 1. The molecule has 0 aromatic carbocycles. The van der Waals surface area contributed by atoms with Crippen LogP contribution in [0, 0.1) is 0 Å². The van der Waals surface area contributed by atoms with E-state index in [1.165, 1.54) is 7.11 Å². The summed E-state index contributed by atoms with van der Waals surface area (Å²) in [6, 6.07) is -0.931. The quantitative estimate of drug-likeness (QED) is 0.431. The number of anilines is 2. The zero-order chi connectivity index (χ0) is 29.1. The maximum absolute atomic E-state index is 13.4. The minimum atomic E-state index is -4.92. The highest BCUT2D eigenvalue weighted by atomic mass is 19.4. The summed E-state index contributed by atoms with van der Waals surface area (Å²) in [6.07, 6.45) is -6.46. The standard InChI is InChI=1S/C23H27F6N7O4/c1-39-11-14(33-16-10-32-34-19(37)18(16)23(27,28)29)12-40-17-4-7-36(20(17)38)15-2-5-35(6-3-15)21-30-8-13(9-31-21)22(24,25)26/h8-10,14-15,17H,2-7,11-12H2,1H3,(H2,33,34,37)/t14?,17-/m1/s1. The van der Waals surface area contributed by atoms with Gasteiger partial charge in [-0.05, 0) is 12.8 Å². The van der Waals surface area contributed by atoms with Crippen molar-refractivity contribution < 1.29 is 40.6 Å². The molecule has 2 N–H and O–H groups in total. The molecule has 1 unspecified atom stereocenters. The summed E-state index contributed by atoms with van der Waals surface area (Å²) in [7, 11) is 1.35. The number of hydrogen-bond acceptors (Lipinski definition) is 9. The number of aromatic nitrogens is 4. The average molecular weight is 580 g/mol. The average Bonchev–Trinajstić information content (AvgIpc) is 3.26. The van der Waals surface area contributed by atoms with E-state index in [9.17, 15) is 35.9 Å². The number of alkyl halides is 6. The van der Waals surface area contributed by atoms with E-state index in [-0.39, 0.29) is 31.1 Å². The van der Waals surface area contributed by atoms with E-state index in [4.69, 9.17) is 9.47 Å². The van der Waals surface area contributed by atoms with Crippen LogP contribution in [0.2, 0.25) is 0 Å². The van der Waals surface area contributed by atoms with Crippen molar-refractivity contribution in [1.82, 2.24) is 25.1 Å². The van der Waals surface area contributed by atoms with Crippen molar-refractivity contribution in [3.8, 4) is 0 Å². The lowest BCUT2D eigenvalue weighted by atomic mass is 10.0. The molecule has 4 heterocycles. The Hall–Kier alpha value is -3.47. The molecule has 11 nitrogen and oxygen atoms in total. The number of methoxy groups -OCH3 is 1. The van der Waals surface area contributed by atoms with E-state index < -0.39 is 46.9 Å². The van der Waals surface area contributed by atoms with Gasteiger partial charge in [-0.25, -0.2) is 15.1 Å². The van der Waals surface area contributed by atoms with Gasteiger partial charge in [0, 0.05) is 51.6 Å². The number of likely N-dealkylation sites (tertiary alicyclic amines) is 1. The molecule has 4 rings (SSSR count). The van der Waals surface area contributed by atoms with Crippen LogP contribution < -0.4 is 15.8 Å². The Balaban J connectivity index is 1.31. The third-order valence-electron chi connectivity index (χ3n) is 6.71. The Kier molecular flexibility index (Phi) is 8.82. The predicted octanol–water partition coefficient (Wildman–Crippen LogP) is 2.31. The minimum Gasteiger partial charge on any atom is -0.382 e. The fourth-order valence-electron chi connectivity index (χ4n) is 4.77. The van der Waals surface area contributed by atoms with E-state index in [2.05, 4.69) is 20.4 Å². The first-order valence-corrected chi connectivity index (χ1v) is 12.3. The van der Waals surface area contributed by atoms with Crippen LogP contribution in [0.3, 0.4) is 0 Å². The number of rotatable bonds is 9. The second-order valence-corrected chi connectivity index (χ2v) is 9.41. The van der Waals surface area contributed by atoms with Gasteiger partial charge < -0.3 is 24.6 Å². The van der Waals surface area contributed by atoms with Crippen molar-refractivity contribution in [3.05, 3.63) is 40.1 Å². The van der Waals surface area contributed by atoms with Gasteiger partial charge in [-0.15, -0.1) is 0 Å². The van der Waals surface area contributed by atoms with Crippen LogP contribution in [-0.2, 0) is 26.6 Å². The van der Waals surface area contributed by atoms with Crippen LogP contribution in [0.5, 0.6) is 0 Å². The number of aromatic amines is 1. The number of halogens is 6. The molecule has 40 heavy (non-hydrogen) atoms. The minimum absolute atomic E-state index is 0.0702. The maximum Gasteiger partial charge on any atom is 0.423 e. The molecule has 2 atom stereocenters. The van der Waals surface area contributed by atoms with Crippen LogP contribution in [0.4, 0.5) is 38.0 Å². The Bertz CT molecular complexity index is 1220. The summed E-state index contributed by atoms with van der Waals surface area (Å²) in [5.41, 5.74) is -4.30. The van der Waals surface area contributed by atoms with Crippen LogP contribution in [-0.4, -0.2) is 89.1 Å². The van der Waals surface area contributed by atoms with Gasteiger partial charge in [0.1, 0.15) is 11.7 Å². The van der Waals surface area contributed by atoms with Crippen molar-refractivity contribution in [1.29, 1.82) is 0 Å². The molecule has 2 aromatic heterocycles. The number of nitrogens with zero attached hydrogens (tertiary/aromatic N) is 5. The lowest BCUT2D eigenvalue weighted by Gasteiger charge is -2.36. The number of amides is 1. The normalized spacial score (nSPS) is 19.8. The number of hydrogen-bond donors (Lipinski definition) is 2. The lowest BCUT2D eigenvalue weighted by molar-refractivity contribution is -0.140. The van der Waals surface area contributed by atoms with Crippen LogP contribution >= 0.6 is 0 Å². The number of ether oxygens (including phenoxy) is 2. The maximum atomic E-state index is 13.4. The molecule has 2 aliphatic heterocycles. The zero-order valence-electron chi connectivity index (χ0n) is 21.3. The molecule has 220 valence electrons. The first-order chi connectivity index (χ1) is 18.9. The highest BCUT2D eigenvalue weighted by molar-refractivity contribution is 5.83. The summed E-state index contributed by atoms with van der Waals surface area (Å²) < 4.78 is 89.2. The Morgan fingerprint density at radius 3 is 2.27 bits per heavy atom. The molecule has 0 radical (unpaired) electrons. The summed E-state index contributed by atoms with van der Waals surface area (Å²) >= 11 is 0. The van der Waals surface area contributed by atoms with Gasteiger partial charge in [0.05, 0.1) is 36.7 Å². The first kappa shape index (κ1) is 29.5. The Morgan fingerprint density at radius 2 is 1.68 bits per heavy atom. The zero-order valence-corrected chi connectivity index (χ0v) is 21.3. The molecule has 2 fully saturated rings. The van der Waals surface area contributed by atoms with Crippen molar-refractivity contribution in [2.75, 3.05) is 50.2 Å². The molecule has 0 aliphatic carbocycles. The topological polar surface area (TPSA) is 126 Å². The monoisotopic (exact) mass is 579 g/mol. The van der Waals surface area contributed by atoms with Crippen molar-refractivity contribution in [2.24, 2.45) is 0 Å². The fourth-order valence-corrected chi connectivity index (χ4v) is 4.77. The third kappa shape index (κ3) is 6.80. The molecular weight excluding hydrogens is 552 g/mol. The highest BCUT2D eigenvalue weighted by Crippen LogP contribution is 2.32. The second kappa shape index (κ2) is 12.0. The van der Waals surface area contributed by atoms with Crippen molar-refractivity contribution in [3.63, 3.8) is 0 Å². The van der Waals surface area contributed by atoms with Gasteiger partial charge in [-0.3, -0.25) is 9.59 Å². The predicted molar refractivity (Wildman–Crippen MR) is 127 cm³/mol. The van der Waals surface area contributed by atoms with Gasteiger partial charge in [0.15, 0.2) is 0 Å². The van der Waals surface area contributed by atoms with Gasteiger partial charge >= 0.3 is 12.4 Å². The van der Waals surface area contributed by atoms with Crippen LogP contribution in [0.1, 0.15) is 30.4 Å². The molecule has 0 spiro atoms. The molecule has 0 bridgehead atoms. The van der Waals surface area contributed by atoms with E-state index in [0.29, 0.717) is 38.9 Å². The van der Waals surface area contributed by atoms with E-state index in [1.807, 2.05) is 0 Å². The molecular formula is C23H27F6N7O4. The number of nitrogens with one attached hydrogen (secondary N) is 2. The molecule has 2 aromatic rings. The largest absolute Gasteiger partial charge is 0.423 e. The summed E-state index contributed by atoms with van der Waals surface area (Å²) in [4.78, 5) is 35.9. The van der Waals surface area contributed by atoms with E-state index >= 15 is 0 Å². The van der Waals surface area contributed by atoms with Gasteiger partial charge in [-0.2, -0.15) is 31.4 Å². The number of H-pyrrole nitrogens is 1. The first-order valence-electron chi connectivity index (χ1n) is 12.3. The molecule has 17 heteroatoms. The summed E-state index contributed by atoms with van der Waals surface area (Å²) in [5, 5.41) is 7.77. The van der Waals surface area contributed by atoms with Gasteiger partial charge in [0.25, 0.3) is 11.5 Å². The van der Waals surface area contributed by atoms with Crippen LogP contribution in [0.25, 0.3) is 0 Å². The number of carbonyl (C=O) groups is 1. The SMILES string of the molecule is COCC(CO[C@@H]1CCN(C2CCN(c3ncc(C(F)(F)F)cn3)CC2)C1=O)Nc1cn[nH]c(=O)c1C(F)(F)F. The summed E-state index contributed by atoms with van der Waals surface area (Å²) in [6.45, 7) is 1.06. The lowest BCUT2D eigenvalue weighted by Crippen LogP contribution is -2.47. The molecule has 1 amide bonds. The smallest absolute Gasteiger partial charge is 0.382 e.